The van der Waals surface area contributed by atoms with Gasteiger partial charge >= 0.3 is 11.8 Å². The molecule has 0 amide bonds. The van der Waals surface area contributed by atoms with Gasteiger partial charge in [-0.1, -0.05) is 176 Å². The molecule has 12 heteroatoms. The molecule has 0 saturated carbocycles. The van der Waals surface area contributed by atoms with E-state index in [1.165, 1.54) is 6.07 Å². The molecule has 0 saturated heterocycles. The molecule has 6 nitrogen and oxygen atoms in total. The molecular weight excluding hydrogens is 1050 g/mol. The van der Waals surface area contributed by atoms with Crippen molar-refractivity contribution in [1.29, 1.82) is 0 Å². The van der Waals surface area contributed by atoms with E-state index < -0.39 is 43.2 Å². The van der Waals surface area contributed by atoms with Crippen molar-refractivity contribution >= 4 is 73.6 Å². The average Bonchev–Trinajstić information content (AvgIpc) is 3.32. The van der Waals surface area contributed by atoms with E-state index >= 15 is 0 Å². The fourth-order valence-corrected chi connectivity index (χ4v) is 15.3. The molecule has 69 heavy (non-hydrogen) atoms. The van der Waals surface area contributed by atoms with Gasteiger partial charge in [0.2, 0.25) is 0 Å². The number of halogens is 3. The van der Waals surface area contributed by atoms with E-state index in [4.69, 9.17) is 4.42 Å². The number of aryl methyl sites for hydroxylation is 6. The topological polar surface area (TPSA) is 102 Å². The van der Waals surface area contributed by atoms with E-state index in [0.29, 0.717) is 10.8 Å². The van der Waals surface area contributed by atoms with E-state index in [-0.39, 0.29) is 60.3 Å². The van der Waals surface area contributed by atoms with Crippen molar-refractivity contribution in [3.63, 3.8) is 0 Å². The number of aromatic hydroxyl groups is 1. The predicted octanol–water partition coefficient (Wildman–Crippen LogP) is 11.9. The van der Waals surface area contributed by atoms with Gasteiger partial charge in [-0.05, 0) is 91.8 Å². The summed E-state index contributed by atoms with van der Waals surface area (Å²) < 4.78 is 71.4. The van der Waals surface area contributed by atoms with Gasteiger partial charge in [-0.15, -0.1) is 0 Å². The smallest absolute Gasteiger partial charge is 0.455 e. The monoisotopic (exact) mass is 1100 g/mol. The molecule has 9 rings (SSSR count). The van der Waals surface area contributed by atoms with E-state index in [1.807, 2.05) is 187 Å². The summed E-state index contributed by atoms with van der Waals surface area (Å²) in [4.78, 5) is 23.0. The van der Waals surface area contributed by atoms with Crippen molar-refractivity contribution in [2.24, 2.45) is 0 Å². The summed E-state index contributed by atoms with van der Waals surface area (Å²) in [5.41, 5.74) is 3.40. The van der Waals surface area contributed by atoms with Gasteiger partial charge in [0.1, 0.15) is 11.3 Å². The number of alkyl halides is 3. The Hall–Kier alpha value is -5.47. The number of benzene rings is 8. The Labute approximate surface area is 440 Å². The molecule has 0 spiro atoms. The summed E-state index contributed by atoms with van der Waals surface area (Å²) in [6.45, 7) is 12.2. The van der Waals surface area contributed by atoms with Crippen LogP contribution in [-0.2, 0) is 9.13 Å². The molecule has 0 aliphatic heterocycles. The minimum atomic E-state index is -5.29. The number of fused-ring (bicyclic) bond motifs is 3. The van der Waals surface area contributed by atoms with Crippen LogP contribution in [0.25, 0.3) is 21.7 Å². The standard InChI is InChI=1S/2C21H21OP.C15H7F3O4.Eu/c2*1-16-10-4-7-13-19(16)23(22,20-14-8-5-11-17(20)2)21-15-9-6-12-18(21)3;16-15(17,18)13(20)11-12(19)10-8-4-2-1-3-7(8)5-6-9(10)22-14(11)21;/h2*4-15H,1-3H3;1-6,19H;. The van der Waals surface area contributed by atoms with Crippen LogP contribution >= 0.6 is 14.3 Å². The zero-order valence-electron chi connectivity index (χ0n) is 38.7. The Morgan fingerprint density at radius 3 is 1.06 bits per heavy atom. The number of carbonyl (C=O) groups excluding carboxylic acids is 1. The van der Waals surface area contributed by atoms with E-state index in [1.54, 1.807) is 30.3 Å². The molecule has 1 radical (unpaired) electrons. The molecule has 9 aromatic rings. The molecule has 0 aliphatic rings. The first-order valence-electron chi connectivity index (χ1n) is 21.8. The Balaban J connectivity index is 0.000000169. The van der Waals surface area contributed by atoms with Gasteiger partial charge in [-0.3, -0.25) is 4.79 Å². The number of hydrogen-bond acceptors (Lipinski definition) is 6. The van der Waals surface area contributed by atoms with Crippen LogP contribution in [0.5, 0.6) is 5.75 Å². The molecule has 1 aromatic heterocycles. The number of ketones is 1. The largest absolute Gasteiger partial charge is 0.506 e. The minimum Gasteiger partial charge on any atom is -0.506 e. The maximum Gasteiger partial charge on any atom is 0.455 e. The maximum atomic E-state index is 14.5. The van der Waals surface area contributed by atoms with Gasteiger partial charge in [-0.2, -0.15) is 13.2 Å². The molecule has 351 valence electrons. The fourth-order valence-electron chi connectivity index (χ4n) is 8.57. The van der Waals surface area contributed by atoms with E-state index in [0.717, 1.165) is 65.2 Å². The van der Waals surface area contributed by atoms with Crippen molar-refractivity contribution in [1.82, 2.24) is 0 Å². The van der Waals surface area contributed by atoms with Crippen molar-refractivity contribution in [3.05, 3.63) is 231 Å². The third-order valence-electron chi connectivity index (χ3n) is 12.0. The van der Waals surface area contributed by atoms with Gasteiger partial charge in [0, 0.05) is 81.2 Å². The molecule has 0 bridgehead atoms. The van der Waals surface area contributed by atoms with Crippen LogP contribution in [0.2, 0.25) is 0 Å². The summed E-state index contributed by atoms with van der Waals surface area (Å²) in [7, 11) is -5.78. The summed E-state index contributed by atoms with van der Waals surface area (Å²) >= 11 is 0. The maximum absolute atomic E-state index is 14.5. The van der Waals surface area contributed by atoms with Gasteiger partial charge < -0.3 is 18.7 Å². The second-order valence-corrected chi connectivity index (χ2v) is 21.9. The fraction of sp³-hybridized carbons (Fsp3) is 0.123. The normalized spacial score (nSPS) is 11.4. The Morgan fingerprint density at radius 2 is 0.754 bits per heavy atom. The summed E-state index contributed by atoms with van der Waals surface area (Å²) in [5, 5.41) is 16.6. The van der Waals surface area contributed by atoms with E-state index in [9.17, 15) is 37.0 Å². The third kappa shape index (κ3) is 10.7. The number of rotatable bonds is 7. The quantitative estimate of drug-likeness (QED) is 0.0738. The molecule has 1 N–H and O–H groups in total. The van der Waals surface area contributed by atoms with Crippen LogP contribution in [0, 0.1) is 90.9 Å². The van der Waals surface area contributed by atoms with Crippen molar-refractivity contribution in [2.45, 2.75) is 47.7 Å². The van der Waals surface area contributed by atoms with Gasteiger partial charge in [0.15, 0.2) is 19.8 Å². The predicted molar refractivity (Wildman–Crippen MR) is 272 cm³/mol. The third-order valence-corrected chi connectivity index (χ3v) is 19.1. The first-order chi connectivity index (χ1) is 32.4. The Morgan fingerprint density at radius 1 is 0.464 bits per heavy atom. The molecule has 0 atom stereocenters. The van der Waals surface area contributed by atoms with Crippen LogP contribution in [0.3, 0.4) is 0 Å². The average molecular weight is 1100 g/mol. The second kappa shape index (κ2) is 22.1. The number of carbonyl (C=O) groups is 1. The van der Waals surface area contributed by atoms with Gasteiger partial charge in [0.25, 0.3) is 5.78 Å². The molecule has 0 unspecified atom stereocenters. The zero-order chi connectivity index (χ0) is 49.0. The van der Waals surface area contributed by atoms with Crippen molar-refractivity contribution in [2.75, 3.05) is 0 Å². The molecular formula is C57H49EuF3O6P2. The summed E-state index contributed by atoms with van der Waals surface area (Å²) in [5.74, 6) is -3.46. The minimum absolute atomic E-state index is 0. The number of Topliss-reactive ketones (excluding diaryl/α,β-unsaturated/α-hetero) is 1. The molecule has 1 heterocycles. The second-order valence-electron chi connectivity index (χ2n) is 16.5. The van der Waals surface area contributed by atoms with Crippen molar-refractivity contribution < 1.29 is 86.0 Å². The van der Waals surface area contributed by atoms with E-state index in [2.05, 4.69) is 0 Å². The summed E-state index contributed by atoms with van der Waals surface area (Å²) in [6, 6.07) is 57.6. The SMILES string of the molecule is Cc1ccccc1P(=O)(c1ccccc1C)c1ccccc1C.Cc1ccccc1P(=O)(c1ccccc1C)c1ccccc1C.O=C(c1c(O)c2c(ccc3ccccc32)oc1=O)C(F)(F)F.[Eu]. The van der Waals surface area contributed by atoms with Crippen LogP contribution in [0.1, 0.15) is 43.7 Å². The van der Waals surface area contributed by atoms with Crippen LogP contribution in [-0.4, -0.2) is 17.1 Å². The molecule has 8 aromatic carbocycles. The van der Waals surface area contributed by atoms with Crippen molar-refractivity contribution in [3.8, 4) is 5.75 Å². The molecule has 0 fully saturated rings. The van der Waals surface area contributed by atoms with Gasteiger partial charge in [-0.25, -0.2) is 4.79 Å². The molecule has 0 aliphatic carbocycles. The summed E-state index contributed by atoms with van der Waals surface area (Å²) in [6.07, 6.45) is -5.29. The first kappa shape index (κ1) is 52.9. The van der Waals surface area contributed by atoms with Crippen LogP contribution < -0.4 is 37.5 Å². The Kier molecular flexibility index (Phi) is 16.9. The van der Waals surface area contributed by atoms with Crippen LogP contribution in [0.15, 0.2) is 191 Å². The van der Waals surface area contributed by atoms with Gasteiger partial charge in [0.05, 0.1) is 5.39 Å². The first-order valence-corrected chi connectivity index (χ1v) is 25.2. The number of hydrogen-bond donors (Lipinski definition) is 1. The zero-order valence-corrected chi connectivity index (χ0v) is 42.9. The Bertz CT molecular complexity index is 3120. The van der Waals surface area contributed by atoms with Crippen LogP contribution in [0.4, 0.5) is 13.2 Å².